The molecule has 0 radical (unpaired) electrons. The number of likely N-dealkylation sites (N-methyl/N-ethyl adjacent to an activating group) is 1. The summed E-state index contributed by atoms with van der Waals surface area (Å²) < 4.78 is 0.727. The van der Waals surface area contributed by atoms with Crippen LogP contribution in [0, 0.1) is 10.1 Å². The van der Waals surface area contributed by atoms with Crippen LogP contribution >= 0.6 is 0 Å². The summed E-state index contributed by atoms with van der Waals surface area (Å²) in [7, 11) is 3.38. The second-order valence-corrected chi connectivity index (χ2v) is 5.63. The Hall–Kier alpha value is -2.15. The molecule has 21 heavy (non-hydrogen) atoms. The van der Waals surface area contributed by atoms with Gasteiger partial charge in [-0.2, -0.15) is 0 Å². The SMILES string of the molecule is CCNC1Cc2cc3c(cc2C1)[n+](=O)c(N(C)C)nn3[O-]. The van der Waals surface area contributed by atoms with Gasteiger partial charge in [-0.15, -0.1) is 0 Å². The molecule has 1 N–H and O–H groups in total. The van der Waals surface area contributed by atoms with Gasteiger partial charge in [0.2, 0.25) is 0 Å². The number of fused-ring (bicyclic) bond motifs is 2. The summed E-state index contributed by atoms with van der Waals surface area (Å²) in [5.41, 5.74) is 2.96. The predicted molar refractivity (Wildman–Crippen MR) is 81.1 cm³/mol. The molecular weight excluding hydrogens is 270 g/mol. The highest BCUT2D eigenvalue weighted by molar-refractivity contribution is 5.75. The molecule has 2 aromatic rings. The lowest BCUT2D eigenvalue weighted by molar-refractivity contribution is -0.454. The number of rotatable bonds is 3. The molecule has 112 valence electrons. The lowest BCUT2D eigenvalue weighted by atomic mass is 10.1. The summed E-state index contributed by atoms with van der Waals surface area (Å²) in [4.78, 5) is 14.5. The molecule has 0 aliphatic heterocycles. The molecule has 7 heteroatoms. The molecule has 1 heterocycles. The standard InChI is InChI=1S/C14H19N5O2/c1-4-15-11-5-9-7-12-13(8-10(9)6-11)19(21)16-14(17(2)3)18(12)20/h7-8,11,15H,4-6H2,1-3H3. The Morgan fingerprint density at radius 3 is 2.71 bits per heavy atom. The Balaban J connectivity index is 2.17. The summed E-state index contributed by atoms with van der Waals surface area (Å²) in [6.45, 7) is 2.98. The molecule has 1 aliphatic carbocycles. The molecule has 1 unspecified atom stereocenters. The molecule has 0 saturated carbocycles. The van der Waals surface area contributed by atoms with Crippen LogP contribution in [0.4, 0.5) is 5.95 Å². The second-order valence-electron chi connectivity index (χ2n) is 5.63. The van der Waals surface area contributed by atoms with Crippen molar-refractivity contribution < 1.29 is 4.43 Å². The van der Waals surface area contributed by atoms with Gasteiger partial charge in [0.05, 0.1) is 14.1 Å². The van der Waals surface area contributed by atoms with Crippen LogP contribution in [0.3, 0.4) is 0 Å². The monoisotopic (exact) mass is 289 g/mol. The minimum Gasteiger partial charge on any atom is -0.778 e. The summed E-state index contributed by atoms with van der Waals surface area (Å²) >= 11 is 0. The van der Waals surface area contributed by atoms with Gasteiger partial charge in [-0.05, 0) is 42.6 Å². The molecular formula is C14H19N5O2. The number of nitrogens with zero attached hydrogens (tertiary/aromatic N) is 4. The van der Waals surface area contributed by atoms with Crippen molar-refractivity contribution in [1.29, 1.82) is 0 Å². The van der Waals surface area contributed by atoms with Gasteiger partial charge < -0.3 is 10.5 Å². The van der Waals surface area contributed by atoms with Crippen LogP contribution < -0.4 is 14.6 Å². The minimum absolute atomic E-state index is 0.0960. The Kier molecular flexibility index (Phi) is 3.29. The number of anilines is 1. The van der Waals surface area contributed by atoms with Gasteiger partial charge in [0.25, 0.3) is 0 Å². The van der Waals surface area contributed by atoms with Gasteiger partial charge in [-0.3, -0.25) is 4.90 Å². The number of aromatic nitrogens is 3. The van der Waals surface area contributed by atoms with Crippen LogP contribution in [0.1, 0.15) is 18.1 Å². The molecule has 0 amide bonds. The smallest absolute Gasteiger partial charge is 0.455 e. The van der Waals surface area contributed by atoms with Crippen LogP contribution in [0.15, 0.2) is 12.1 Å². The van der Waals surface area contributed by atoms with E-state index >= 15 is 0 Å². The number of nitrogens with one attached hydrogen (secondary N) is 1. The molecule has 1 aromatic carbocycles. The Morgan fingerprint density at radius 2 is 2.10 bits per heavy atom. The third kappa shape index (κ3) is 2.23. The first kappa shape index (κ1) is 13.8. The lowest BCUT2D eigenvalue weighted by Crippen LogP contribution is -2.31. The Bertz CT molecular complexity index is 753. The van der Waals surface area contributed by atoms with Gasteiger partial charge in [-0.25, -0.2) is 4.85 Å². The maximum absolute atomic E-state index is 12.4. The van der Waals surface area contributed by atoms with E-state index in [1.165, 1.54) is 4.90 Å². The molecule has 1 aliphatic rings. The second kappa shape index (κ2) is 5.00. The van der Waals surface area contributed by atoms with E-state index in [-0.39, 0.29) is 5.95 Å². The first-order valence-electron chi connectivity index (χ1n) is 7.11. The van der Waals surface area contributed by atoms with Crippen LogP contribution in [-0.2, 0) is 12.8 Å². The van der Waals surface area contributed by atoms with E-state index < -0.39 is 0 Å². The van der Waals surface area contributed by atoms with Crippen molar-refractivity contribution in [2.45, 2.75) is 25.8 Å². The first-order valence-corrected chi connectivity index (χ1v) is 7.11. The van der Waals surface area contributed by atoms with E-state index in [9.17, 15) is 10.1 Å². The van der Waals surface area contributed by atoms with E-state index in [4.69, 9.17) is 0 Å². The Labute approximate surface area is 122 Å². The van der Waals surface area contributed by atoms with Gasteiger partial charge in [-0.1, -0.05) is 11.8 Å². The Morgan fingerprint density at radius 1 is 1.43 bits per heavy atom. The summed E-state index contributed by atoms with van der Waals surface area (Å²) in [6, 6.07) is 4.01. The van der Waals surface area contributed by atoms with Crippen LogP contribution in [-0.4, -0.2) is 36.6 Å². The zero-order valence-corrected chi connectivity index (χ0v) is 12.5. The number of hydrogen-bond acceptors (Lipinski definition) is 5. The highest BCUT2D eigenvalue weighted by Crippen LogP contribution is 2.26. The van der Waals surface area contributed by atoms with Crippen molar-refractivity contribution in [2.75, 3.05) is 25.5 Å². The van der Waals surface area contributed by atoms with Crippen LogP contribution in [0.5, 0.6) is 0 Å². The van der Waals surface area contributed by atoms with Crippen molar-refractivity contribution in [2.24, 2.45) is 0 Å². The van der Waals surface area contributed by atoms with E-state index in [0.717, 1.165) is 34.9 Å². The molecule has 3 rings (SSSR count). The zero-order chi connectivity index (χ0) is 15.1. The quantitative estimate of drug-likeness (QED) is 0.829. The maximum atomic E-state index is 12.4. The molecule has 0 spiro atoms. The van der Waals surface area contributed by atoms with Crippen molar-refractivity contribution in [1.82, 2.24) is 15.3 Å². The average Bonchev–Trinajstić information content (AvgIpc) is 2.82. The summed E-state index contributed by atoms with van der Waals surface area (Å²) in [6.07, 6.45) is 1.77. The van der Waals surface area contributed by atoms with Crippen molar-refractivity contribution >= 4 is 17.0 Å². The summed E-state index contributed by atoms with van der Waals surface area (Å²) in [5, 5.41) is 19.3. The number of benzene rings is 1. The predicted octanol–water partition coefficient (Wildman–Crippen LogP) is 0.439. The van der Waals surface area contributed by atoms with Crippen LogP contribution in [0.25, 0.3) is 11.0 Å². The van der Waals surface area contributed by atoms with Gasteiger partial charge in [0.1, 0.15) is 5.52 Å². The fourth-order valence-electron chi connectivity index (χ4n) is 2.95. The fourth-order valence-corrected chi connectivity index (χ4v) is 2.95. The first-order chi connectivity index (χ1) is 10.0. The van der Waals surface area contributed by atoms with Crippen LogP contribution in [0.2, 0.25) is 0 Å². The molecule has 0 bridgehead atoms. The minimum atomic E-state index is 0.0960. The van der Waals surface area contributed by atoms with Crippen molar-refractivity contribution in [3.05, 3.63) is 33.4 Å². The maximum Gasteiger partial charge on any atom is 0.455 e. The van der Waals surface area contributed by atoms with E-state index in [2.05, 4.69) is 17.3 Å². The number of hydrogen-bond donors (Lipinski definition) is 1. The molecule has 7 nitrogen and oxygen atoms in total. The normalized spacial score (nSPS) is 17.2. The topological polar surface area (TPSA) is 79.1 Å². The summed E-state index contributed by atoms with van der Waals surface area (Å²) in [5.74, 6) is 0.0960. The van der Waals surface area contributed by atoms with Gasteiger partial charge >= 0.3 is 5.95 Å². The van der Waals surface area contributed by atoms with Gasteiger partial charge in [0.15, 0.2) is 5.52 Å². The van der Waals surface area contributed by atoms with Crippen molar-refractivity contribution in [3.8, 4) is 0 Å². The van der Waals surface area contributed by atoms with E-state index in [0.29, 0.717) is 21.9 Å². The third-order valence-corrected chi connectivity index (χ3v) is 3.91. The highest BCUT2D eigenvalue weighted by Gasteiger charge is 2.25. The van der Waals surface area contributed by atoms with E-state index in [1.807, 2.05) is 6.07 Å². The van der Waals surface area contributed by atoms with Gasteiger partial charge in [0, 0.05) is 15.6 Å². The highest BCUT2D eigenvalue weighted by atomic mass is 16.5. The molecule has 0 saturated heterocycles. The van der Waals surface area contributed by atoms with E-state index in [1.54, 1.807) is 20.2 Å². The fraction of sp³-hybridized carbons (Fsp3) is 0.500. The average molecular weight is 289 g/mol. The van der Waals surface area contributed by atoms with Crippen molar-refractivity contribution in [3.63, 3.8) is 0 Å². The zero-order valence-electron chi connectivity index (χ0n) is 12.5. The third-order valence-electron chi connectivity index (χ3n) is 3.91. The lowest BCUT2D eigenvalue weighted by Gasteiger charge is -2.11. The molecule has 1 atom stereocenters. The largest absolute Gasteiger partial charge is 0.778 e. The molecule has 1 aromatic heterocycles. The molecule has 0 fully saturated rings.